The molecule has 2 aromatic rings. The van der Waals surface area contributed by atoms with Crippen LogP contribution >= 0.6 is 0 Å². The largest absolute Gasteiger partial charge is 0.294 e. The van der Waals surface area contributed by atoms with Gasteiger partial charge < -0.3 is 0 Å². The smallest absolute Gasteiger partial charge is 0.282 e. The number of fused-ring (bicyclic) bond motifs is 6. The van der Waals surface area contributed by atoms with E-state index in [0.717, 1.165) is 24.8 Å². The van der Waals surface area contributed by atoms with Gasteiger partial charge in [0.2, 0.25) is 0 Å². The fraction of sp³-hybridized carbons (Fsp3) is 0.333. The van der Waals surface area contributed by atoms with E-state index >= 15 is 0 Å². The zero-order valence-electron chi connectivity index (χ0n) is 12.6. The highest BCUT2D eigenvalue weighted by atomic mass is 32.2. The van der Waals surface area contributed by atoms with Crippen molar-refractivity contribution >= 4 is 10.1 Å². The van der Waals surface area contributed by atoms with Gasteiger partial charge in [0.05, 0.1) is 4.90 Å². The van der Waals surface area contributed by atoms with E-state index in [0.29, 0.717) is 11.8 Å². The summed E-state index contributed by atoms with van der Waals surface area (Å²) in [6.45, 7) is 2.25. The summed E-state index contributed by atoms with van der Waals surface area (Å²) in [4.78, 5) is -0.0448. The van der Waals surface area contributed by atoms with Gasteiger partial charge in [0.1, 0.15) is 0 Å². The predicted octanol–water partition coefficient (Wildman–Crippen LogP) is 4.16. The molecule has 2 aliphatic carbocycles. The number of benzene rings is 2. The second-order valence-electron chi connectivity index (χ2n) is 6.17. The molecule has 0 amide bonds. The van der Waals surface area contributed by atoms with Crippen LogP contribution in [0.1, 0.15) is 48.3 Å². The van der Waals surface area contributed by atoms with Crippen molar-refractivity contribution in [3.63, 3.8) is 0 Å². The summed E-state index contributed by atoms with van der Waals surface area (Å²) in [5, 5.41) is 0. The van der Waals surface area contributed by atoms with Crippen LogP contribution < -0.4 is 0 Å². The molecule has 2 unspecified atom stereocenters. The first kappa shape index (κ1) is 15.3. The van der Waals surface area contributed by atoms with Gasteiger partial charge in [0.15, 0.2) is 0 Å². The van der Waals surface area contributed by atoms with Gasteiger partial charge in [-0.05, 0) is 59.9 Å². The molecule has 0 radical (unpaired) electrons. The fourth-order valence-corrected chi connectivity index (χ4v) is 3.66. The Labute approximate surface area is 131 Å². The third-order valence-electron chi connectivity index (χ3n) is 4.63. The van der Waals surface area contributed by atoms with Crippen molar-refractivity contribution in [2.24, 2.45) is 0 Å². The molecule has 0 heterocycles. The number of hydrogen-bond acceptors (Lipinski definition) is 2. The van der Waals surface area contributed by atoms with E-state index in [4.69, 9.17) is 4.55 Å². The summed E-state index contributed by atoms with van der Waals surface area (Å²) >= 11 is 0. The molecule has 2 aromatic carbocycles. The van der Waals surface area contributed by atoms with E-state index in [-0.39, 0.29) is 4.90 Å². The second kappa shape index (κ2) is 5.86. The molecule has 0 aromatic heterocycles. The third kappa shape index (κ3) is 3.23. The Kier molecular flexibility index (Phi) is 4.06. The monoisotopic (exact) mass is 316 g/mol. The van der Waals surface area contributed by atoms with E-state index in [1.54, 1.807) is 0 Å². The van der Waals surface area contributed by atoms with E-state index < -0.39 is 10.1 Å². The number of rotatable bonds is 2. The lowest BCUT2D eigenvalue weighted by atomic mass is 9.87. The topological polar surface area (TPSA) is 54.4 Å². The van der Waals surface area contributed by atoms with Gasteiger partial charge in [0, 0.05) is 0 Å². The molecule has 0 saturated heterocycles. The standard InChI is InChI=1S/C18H20O3S/c1-13-2-5-17(12-14-3-6-15(13)7-4-14)16-8-10-18(11-9-16)22(19,20)21/h3-4,6-11,13,17H,2,5,12H2,1H3,(H,19,20,21). The zero-order valence-corrected chi connectivity index (χ0v) is 13.4. The van der Waals surface area contributed by atoms with E-state index in [2.05, 4.69) is 31.2 Å². The average Bonchev–Trinajstić information content (AvgIpc) is 2.62. The molecule has 22 heavy (non-hydrogen) atoms. The summed E-state index contributed by atoms with van der Waals surface area (Å²) in [5.74, 6) is 0.909. The van der Waals surface area contributed by atoms with Crippen molar-refractivity contribution in [3.05, 3.63) is 65.2 Å². The molecule has 1 N–H and O–H groups in total. The molecule has 0 aliphatic heterocycles. The van der Waals surface area contributed by atoms with Crippen LogP contribution in [0.2, 0.25) is 0 Å². The molecule has 0 spiro atoms. The Morgan fingerprint density at radius 2 is 1.50 bits per heavy atom. The van der Waals surface area contributed by atoms with Gasteiger partial charge >= 0.3 is 0 Å². The highest BCUT2D eigenvalue weighted by Crippen LogP contribution is 2.33. The van der Waals surface area contributed by atoms with E-state index in [1.165, 1.54) is 23.3 Å². The Morgan fingerprint density at radius 3 is 2.09 bits per heavy atom. The summed E-state index contributed by atoms with van der Waals surface area (Å²) in [5.41, 5.74) is 3.82. The van der Waals surface area contributed by atoms with Crippen LogP contribution in [0.5, 0.6) is 0 Å². The van der Waals surface area contributed by atoms with Crippen LogP contribution in [0.4, 0.5) is 0 Å². The van der Waals surface area contributed by atoms with Crippen molar-refractivity contribution in [1.29, 1.82) is 0 Å². The lowest BCUT2D eigenvalue weighted by Gasteiger charge is -2.18. The van der Waals surface area contributed by atoms with Gasteiger partial charge in [-0.25, -0.2) is 0 Å². The summed E-state index contributed by atoms with van der Waals surface area (Å²) in [6, 6.07) is 15.4. The molecule has 4 heteroatoms. The van der Waals surface area contributed by atoms with Gasteiger partial charge in [0.25, 0.3) is 10.1 Å². The normalized spacial score (nSPS) is 21.9. The van der Waals surface area contributed by atoms with Gasteiger partial charge in [-0.3, -0.25) is 4.55 Å². The van der Waals surface area contributed by atoms with Crippen molar-refractivity contribution in [2.45, 2.75) is 42.9 Å². The molecule has 0 fully saturated rings. The maximum atomic E-state index is 11.1. The van der Waals surface area contributed by atoms with Crippen LogP contribution in [0, 0.1) is 0 Å². The van der Waals surface area contributed by atoms with Crippen molar-refractivity contribution in [1.82, 2.24) is 0 Å². The van der Waals surface area contributed by atoms with Gasteiger partial charge in [-0.2, -0.15) is 8.42 Å². The highest BCUT2D eigenvalue weighted by Gasteiger charge is 2.18. The fourth-order valence-electron chi connectivity index (χ4n) is 3.18. The minimum atomic E-state index is -4.12. The summed E-state index contributed by atoms with van der Waals surface area (Å²) in [7, 11) is -4.12. The lowest BCUT2D eigenvalue weighted by Crippen LogP contribution is -2.05. The van der Waals surface area contributed by atoms with E-state index in [1.807, 2.05) is 12.1 Å². The van der Waals surface area contributed by atoms with Crippen LogP contribution in [-0.4, -0.2) is 13.0 Å². The Morgan fingerprint density at radius 1 is 0.909 bits per heavy atom. The molecule has 4 rings (SSSR count). The first-order chi connectivity index (χ1) is 10.4. The minimum Gasteiger partial charge on any atom is -0.282 e. The maximum absolute atomic E-state index is 11.1. The quantitative estimate of drug-likeness (QED) is 0.847. The Bertz CT molecular complexity index is 746. The van der Waals surface area contributed by atoms with Crippen LogP contribution in [0.15, 0.2) is 53.4 Å². The molecule has 3 nitrogen and oxygen atoms in total. The Balaban J connectivity index is 1.89. The van der Waals surface area contributed by atoms with Crippen molar-refractivity contribution < 1.29 is 13.0 Å². The molecular formula is C18H20O3S. The SMILES string of the molecule is CC1CCC(c2ccc(S(=O)(=O)O)cc2)Cc2ccc1cc2. The predicted molar refractivity (Wildman–Crippen MR) is 86.8 cm³/mol. The first-order valence-electron chi connectivity index (χ1n) is 7.60. The van der Waals surface area contributed by atoms with Crippen molar-refractivity contribution in [3.8, 4) is 0 Å². The van der Waals surface area contributed by atoms with Gasteiger partial charge in [-0.15, -0.1) is 0 Å². The van der Waals surface area contributed by atoms with E-state index in [9.17, 15) is 8.42 Å². The molecule has 116 valence electrons. The number of hydrogen-bond donors (Lipinski definition) is 1. The second-order valence-corrected chi connectivity index (χ2v) is 7.59. The summed E-state index contributed by atoms with van der Waals surface area (Å²) < 4.78 is 31.4. The highest BCUT2D eigenvalue weighted by molar-refractivity contribution is 7.85. The van der Waals surface area contributed by atoms with Crippen LogP contribution in [-0.2, 0) is 16.5 Å². The van der Waals surface area contributed by atoms with Crippen molar-refractivity contribution in [2.75, 3.05) is 0 Å². The lowest BCUT2D eigenvalue weighted by molar-refractivity contribution is 0.483. The molecule has 2 aliphatic rings. The molecular weight excluding hydrogens is 296 g/mol. The maximum Gasteiger partial charge on any atom is 0.294 e. The average molecular weight is 316 g/mol. The first-order valence-corrected chi connectivity index (χ1v) is 9.04. The Hall–Kier alpha value is -1.65. The van der Waals surface area contributed by atoms with Crippen LogP contribution in [0.3, 0.4) is 0 Å². The van der Waals surface area contributed by atoms with Crippen LogP contribution in [0.25, 0.3) is 0 Å². The molecule has 0 saturated carbocycles. The minimum absolute atomic E-state index is 0.0448. The third-order valence-corrected chi connectivity index (χ3v) is 5.50. The molecule has 2 bridgehead atoms. The summed E-state index contributed by atoms with van der Waals surface area (Å²) in [6.07, 6.45) is 3.14. The zero-order chi connectivity index (χ0) is 15.7. The van der Waals surface area contributed by atoms with Gasteiger partial charge in [-0.1, -0.05) is 43.3 Å². The molecule has 2 atom stereocenters.